The fourth-order valence-corrected chi connectivity index (χ4v) is 6.46. The molecule has 3 aliphatic rings. The zero-order valence-electron chi connectivity index (χ0n) is 22.6. The van der Waals surface area contributed by atoms with Crippen LogP contribution in [-0.4, -0.2) is 73.2 Å². The molecule has 12 nitrogen and oxygen atoms in total. The van der Waals surface area contributed by atoms with Gasteiger partial charge < -0.3 is 30.3 Å². The number of nitrogens with one attached hydrogen (secondary N) is 1. The average Bonchev–Trinajstić information content (AvgIpc) is 3.35. The summed E-state index contributed by atoms with van der Waals surface area (Å²) in [4.78, 5) is 50.0. The molecule has 1 saturated carbocycles. The first-order chi connectivity index (χ1) is 19.7. The molecular formula is C28H32N6O6S. The van der Waals surface area contributed by atoms with E-state index < -0.39 is 35.6 Å². The normalized spacial score (nSPS) is 29.7. The summed E-state index contributed by atoms with van der Waals surface area (Å²) >= 11 is 1.42. The first kappa shape index (κ1) is 27.3. The maximum Gasteiger partial charge on any atom is 0.330 e. The second-order valence-electron chi connectivity index (χ2n) is 11.0. The first-order valence-electron chi connectivity index (χ1n) is 13.9. The third-order valence-corrected chi connectivity index (χ3v) is 8.96. The molecule has 2 aliphatic heterocycles. The van der Waals surface area contributed by atoms with Crippen LogP contribution in [0.4, 0.5) is 0 Å². The van der Waals surface area contributed by atoms with Crippen LogP contribution in [0.5, 0.6) is 5.88 Å². The summed E-state index contributed by atoms with van der Waals surface area (Å²) in [6.07, 6.45) is 7.70. The predicted molar refractivity (Wildman–Crippen MR) is 149 cm³/mol. The van der Waals surface area contributed by atoms with Crippen molar-refractivity contribution in [2.75, 3.05) is 6.54 Å². The Morgan fingerprint density at radius 2 is 2.15 bits per heavy atom. The van der Waals surface area contributed by atoms with Crippen LogP contribution in [0.1, 0.15) is 50.7 Å². The molecule has 13 heteroatoms. The van der Waals surface area contributed by atoms with Crippen LogP contribution in [0.25, 0.3) is 21.7 Å². The number of rotatable bonds is 4. The number of aryl methyl sites for hydroxylation is 1. The third kappa shape index (κ3) is 5.31. The summed E-state index contributed by atoms with van der Waals surface area (Å²) in [7, 11) is 0. The van der Waals surface area contributed by atoms with Gasteiger partial charge in [-0.3, -0.25) is 9.59 Å². The summed E-state index contributed by atoms with van der Waals surface area (Å²) in [5, 5.41) is 18.7. The Balaban J connectivity index is 1.29. The van der Waals surface area contributed by atoms with Crippen molar-refractivity contribution in [3.63, 3.8) is 0 Å². The number of carbonyl (C=O) groups excluding carboxylic acids is 2. The topological polar surface area (TPSA) is 174 Å². The lowest BCUT2D eigenvalue weighted by molar-refractivity contribution is -0.145. The molecule has 41 heavy (non-hydrogen) atoms. The number of hydrogen-bond donors (Lipinski definition) is 3. The van der Waals surface area contributed by atoms with Crippen molar-refractivity contribution in [3.05, 3.63) is 35.4 Å². The van der Waals surface area contributed by atoms with Gasteiger partial charge in [-0.15, -0.1) is 11.3 Å². The standard InChI is InChI=1S/C28H32N6O6S/c1-15-11-20(33-40-15)23-30-19-9-10-41-22(19)25(31-23)39-17-12-21-24(35)32-28(27(37)38)13-16(28)7-5-3-2-4-6-8-18(29)26(36)34(21)14-17/h5,7,9-11,16-18,21H,2-4,6,8,12-14,29H2,1H3,(H,32,35)(H,37,38)/b7-5-/t16-,17+,18-,21-,28+/m0/s1. The molecule has 0 unspecified atom stereocenters. The minimum Gasteiger partial charge on any atom is -0.479 e. The Hall–Kier alpha value is -3.84. The Morgan fingerprint density at radius 1 is 1.29 bits per heavy atom. The van der Waals surface area contributed by atoms with E-state index in [-0.39, 0.29) is 24.8 Å². The number of hydrogen-bond acceptors (Lipinski definition) is 10. The van der Waals surface area contributed by atoms with E-state index >= 15 is 0 Å². The van der Waals surface area contributed by atoms with Crippen molar-refractivity contribution < 1.29 is 28.8 Å². The second-order valence-corrected chi connectivity index (χ2v) is 12.0. The summed E-state index contributed by atoms with van der Waals surface area (Å²) in [5.74, 6) is -0.966. The maximum atomic E-state index is 13.6. The van der Waals surface area contributed by atoms with E-state index in [1.807, 2.05) is 23.6 Å². The molecule has 0 spiro atoms. The largest absolute Gasteiger partial charge is 0.479 e. The number of aliphatic carboxylic acids is 1. The van der Waals surface area contributed by atoms with Crippen LogP contribution in [-0.2, 0) is 14.4 Å². The summed E-state index contributed by atoms with van der Waals surface area (Å²) in [5.41, 5.74) is 6.08. The van der Waals surface area contributed by atoms with E-state index in [0.29, 0.717) is 41.5 Å². The molecule has 3 aromatic heterocycles. The lowest BCUT2D eigenvalue weighted by atomic mass is 10.1. The molecule has 6 rings (SSSR count). The SMILES string of the molecule is Cc1cc(-c2nc(O[C@@H]3C[C@H]4C(=O)N[C@]5(C(=O)O)C[C@@H]5/C=C\CCCCC[C@H](N)C(=O)N4C3)c3sccc3n2)no1. The summed E-state index contributed by atoms with van der Waals surface area (Å²) in [6, 6.07) is 1.89. The molecule has 0 aromatic carbocycles. The van der Waals surface area contributed by atoms with E-state index in [0.717, 1.165) is 30.4 Å². The quantitative estimate of drug-likeness (QED) is 0.389. The first-order valence-corrected chi connectivity index (χ1v) is 14.8. The highest BCUT2D eigenvalue weighted by Crippen LogP contribution is 2.45. The summed E-state index contributed by atoms with van der Waals surface area (Å²) in [6.45, 7) is 1.89. The van der Waals surface area contributed by atoms with Gasteiger partial charge in [-0.2, -0.15) is 4.98 Å². The molecule has 0 bridgehead atoms. The van der Waals surface area contributed by atoms with Gasteiger partial charge in [-0.1, -0.05) is 30.2 Å². The third-order valence-electron chi connectivity index (χ3n) is 8.07. The van der Waals surface area contributed by atoms with Crippen LogP contribution in [0.2, 0.25) is 0 Å². The number of allylic oxidation sites excluding steroid dienone is 1. The molecule has 2 fully saturated rings. The number of nitrogens with two attached hydrogens (primary N) is 1. The number of fused-ring (bicyclic) bond motifs is 3. The fourth-order valence-electron chi connectivity index (χ4n) is 5.70. The van der Waals surface area contributed by atoms with Gasteiger partial charge in [0.15, 0.2) is 11.5 Å². The number of nitrogens with zero attached hydrogens (tertiary/aromatic N) is 4. The lowest BCUT2D eigenvalue weighted by Gasteiger charge is -2.27. The molecule has 5 atom stereocenters. The van der Waals surface area contributed by atoms with Gasteiger partial charge in [0, 0.05) is 18.4 Å². The lowest BCUT2D eigenvalue weighted by Crippen LogP contribution is -2.55. The van der Waals surface area contributed by atoms with Crippen LogP contribution in [0.3, 0.4) is 0 Å². The van der Waals surface area contributed by atoms with Crippen LogP contribution >= 0.6 is 11.3 Å². The van der Waals surface area contributed by atoms with Gasteiger partial charge in [0.25, 0.3) is 0 Å². The van der Waals surface area contributed by atoms with Crippen LogP contribution in [0, 0.1) is 12.8 Å². The van der Waals surface area contributed by atoms with E-state index in [1.54, 1.807) is 13.0 Å². The molecule has 3 aromatic rings. The van der Waals surface area contributed by atoms with Crippen molar-refractivity contribution in [2.24, 2.45) is 11.7 Å². The zero-order chi connectivity index (χ0) is 28.7. The Kier molecular flexibility index (Phi) is 7.24. The van der Waals surface area contributed by atoms with Crippen LogP contribution < -0.4 is 15.8 Å². The molecule has 216 valence electrons. The molecule has 1 saturated heterocycles. The highest BCUT2D eigenvalue weighted by atomic mass is 32.1. The zero-order valence-corrected chi connectivity index (χ0v) is 23.4. The van der Waals surface area contributed by atoms with Gasteiger partial charge in [-0.25, -0.2) is 9.78 Å². The monoisotopic (exact) mass is 580 g/mol. The number of amides is 2. The summed E-state index contributed by atoms with van der Waals surface area (Å²) < 4.78 is 12.3. The average molecular weight is 581 g/mol. The molecular weight excluding hydrogens is 548 g/mol. The Bertz CT molecular complexity index is 1520. The number of aromatic nitrogens is 3. The smallest absolute Gasteiger partial charge is 0.330 e. The van der Waals surface area contributed by atoms with Gasteiger partial charge >= 0.3 is 5.97 Å². The van der Waals surface area contributed by atoms with Crippen molar-refractivity contribution in [1.29, 1.82) is 0 Å². The highest BCUT2D eigenvalue weighted by Gasteiger charge is 2.61. The van der Waals surface area contributed by atoms with Crippen molar-refractivity contribution in [2.45, 2.75) is 75.6 Å². The second kappa shape index (κ2) is 10.9. The van der Waals surface area contributed by atoms with Crippen molar-refractivity contribution in [1.82, 2.24) is 25.3 Å². The minimum atomic E-state index is -1.37. The Morgan fingerprint density at radius 3 is 2.93 bits per heavy atom. The molecule has 5 heterocycles. The molecule has 4 N–H and O–H groups in total. The van der Waals surface area contributed by atoms with Crippen molar-refractivity contribution >= 4 is 39.3 Å². The maximum absolute atomic E-state index is 13.6. The van der Waals surface area contributed by atoms with Gasteiger partial charge in [0.1, 0.15) is 28.1 Å². The fraction of sp³-hybridized carbons (Fsp3) is 0.500. The molecule has 0 radical (unpaired) electrons. The predicted octanol–water partition coefficient (Wildman–Crippen LogP) is 2.81. The van der Waals surface area contributed by atoms with Gasteiger partial charge in [0.05, 0.1) is 18.1 Å². The number of carbonyl (C=O) groups is 3. The van der Waals surface area contributed by atoms with E-state index in [2.05, 4.69) is 20.4 Å². The number of thiophene rings is 1. The molecule has 1 aliphatic carbocycles. The van der Waals surface area contributed by atoms with Crippen LogP contribution in [0.15, 0.2) is 34.2 Å². The van der Waals surface area contributed by atoms with E-state index in [9.17, 15) is 19.5 Å². The van der Waals surface area contributed by atoms with E-state index in [4.69, 9.17) is 15.0 Å². The van der Waals surface area contributed by atoms with Gasteiger partial charge in [0.2, 0.25) is 17.7 Å². The number of carboxylic acid groups (broad SMARTS) is 1. The highest BCUT2D eigenvalue weighted by molar-refractivity contribution is 7.17. The van der Waals surface area contributed by atoms with E-state index in [1.165, 1.54) is 16.2 Å². The van der Waals surface area contributed by atoms with Gasteiger partial charge in [-0.05, 0) is 44.1 Å². The molecule has 2 amide bonds. The minimum absolute atomic E-state index is 0.114. The number of carboxylic acids is 1. The Labute approximate surface area is 239 Å². The van der Waals surface area contributed by atoms with Crippen molar-refractivity contribution in [3.8, 4) is 17.4 Å². The number of ether oxygens (including phenoxy) is 1.